The molecule has 0 atom stereocenters. The van der Waals surface area contributed by atoms with Crippen LogP contribution in [-0.2, 0) is 29.3 Å². The SMILES string of the molecule is CN(C)CCn1c(CN2C(=O)/C(=N/OCc3ccc(C(=O)O)cc3)c3ccccc32)nc2ccccc21. The number of likely N-dealkylation sites (N-methyl/N-ethyl adjacent to an activating group) is 1. The van der Waals surface area contributed by atoms with Crippen LogP contribution >= 0.6 is 0 Å². The van der Waals surface area contributed by atoms with Crippen LogP contribution in [0.1, 0.15) is 27.3 Å². The van der Waals surface area contributed by atoms with E-state index in [2.05, 4.69) is 14.6 Å². The van der Waals surface area contributed by atoms with Crippen molar-refractivity contribution in [3.05, 3.63) is 95.3 Å². The number of carboxylic acid groups (broad SMARTS) is 1. The van der Waals surface area contributed by atoms with Crippen molar-refractivity contribution in [1.82, 2.24) is 14.5 Å². The first kappa shape index (κ1) is 24.2. The van der Waals surface area contributed by atoms with Crippen molar-refractivity contribution in [2.45, 2.75) is 19.7 Å². The molecular weight excluding hydrogens is 470 g/mol. The number of rotatable bonds is 9. The molecule has 1 aromatic heterocycles. The maximum Gasteiger partial charge on any atom is 0.335 e. The largest absolute Gasteiger partial charge is 0.478 e. The average Bonchev–Trinajstić information content (AvgIpc) is 3.38. The Morgan fingerprint density at radius 2 is 1.76 bits per heavy atom. The number of oxime groups is 1. The summed E-state index contributed by atoms with van der Waals surface area (Å²) in [6.45, 7) is 2.00. The molecule has 9 nitrogen and oxygen atoms in total. The zero-order valence-corrected chi connectivity index (χ0v) is 20.7. The summed E-state index contributed by atoms with van der Waals surface area (Å²) in [6.07, 6.45) is 0. The minimum absolute atomic E-state index is 0.110. The molecular formula is C28H27N5O4. The maximum atomic E-state index is 13.5. The number of nitrogens with zero attached hydrogens (tertiary/aromatic N) is 5. The number of fused-ring (bicyclic) bond motifs is 2. The van der Waals surface area contributed by atoms with E-state index in [0.717, 1.165) is 41.2 Å². The summed E-state index contributed by atoms with van der Waals surface area (Å²) in [5.41, 5.74) is 4.56. The molecule has 0 fully saturated rings. The molecule has 0 radical (unpaired) electrons. The lowest BCUT2D eigenvalue weighted by molar-refractivity contribution is -0.112. The minimum atomic E-state index is -0.990. The van der Waals surface area contributed by atoms with Gasteiger partial charge >= 0.3 is 5.97 Å². The lowest BCUT2D eigenvalue weighted by atomic mass is 10.1. The van der Waals surface area contributed by atoms with E-state index in [9.17, 15) is 9.59 Å². The van der Waals surface area contributed by atoms with E-state index in [1.54, 1.807) is 17.0 Å². The Kier molecular flexibility index (Phi) is 6.70. The van der Waals surface area contributed by atoms with Gasteiger partial charge in [0, 0.05) is 18.7 Å². The fourth-order valence-electron chi connectivity index (χ4n) is 4.36. The molecule has 2 heterocycles. The molecule has 0 unspecified atom stereocenters. The lowest BCUT2D eigenvalue weighted by Gasteiger charge is -2.18. The Balaban J connectivity index is 1.40. The number of carbonyl (C=O) groups excluding carboxylic acids is 1. The third-order valence-corrected chi connectivity index (χ3v) is 6.29. The molecule has 37 heavy (non-hydrogen) atoms. The van der Waals surface area contributed by atoms with E-state index in [-0.39, 0.29) is 23.8 Å². The second-order valence-corrected chi connectivity index (χ2v) is 9.10. The van der Waals surface area contributed by atoms with E-state index in [0.29, 0.717) is 12.1 Å². The van der Waals surface area contributed by atoms with Crippen molar-refractivity contribution in [2.24, 2.45) is 5.16 Å². The summed E-state index contributed by atoms with van der Waals surface area (Å²) in [5, 5.41) is 13.2. The monoisotopic (exact) mass is 497 g/mol. The summed E-state index contributed by atoms with van der Waals surface area (Å²) in [4.78, 5) is 38.8. The van der Waals surface area contributed by atoms with Crippen molar-refractivity contribution < 1.29 is 19.5 Å². The molecule has 1 amide bonds. The predicted octanol–water partition coefficient (Wildman–Crippen LogP) is 3.76. The fraction of sp³-hybridized carbons (Fsp3) is 0.214. The molecule has 9 heteroatoms. The van der Waals surface area contributed by atoms with Gasteiger partial charge in [-0.05, 0) is 50.0 Å². The molecule has 5 rings (SSSR count). The summed E-state index contributed by atoms with van der Waals surface area (Å²) in [7, 11) is 4.06. The van der Waals surface area contributed by atoms with Gasteiger partial charge < -0.3 is 19.4 Å². The number of amides is 1. The van der Waals surface area contributed by atoms with Gasteiger partial charge in [-0.15, -0.1) is 0 Å². The van der Waals surface area contributed by atoms with Crippen LogP contribution in [-0.4, -0.2) is 57.8 Å². The van der Waals surface area contributed by atoms with Gasteiger partial charge in [-0.2, -0.15) is 0 Å². The third kappa shape index (κ3) is 4.94. The van der Waals surface area contributed by atoms with Crippen LogP contribution in [0.3, 0.4) is 0 Å². The fourth-order valence-corrected chi connectivity index (χ4v) is 4.36. The number of carbonyl (C=O) groups is 2. The van der Waals surface area contributed by atoms with Gasteiger partial charge in [0.2, 0.25) is 0 Å². The molecule has 1 aliphatic heterocycles. The normalized spacial score (nSPS) is 14.1. The second kappa shape index (κ2) is 10.2. The van der Waals surface area contributed by atoms with Crippen molar-refractivity contribution in [3.8, 4) is 0 Å². The van der Waals surface area contributed by atoms with E-state index in [4.69, 9.17) is 14.9 Å². The van der Waals surface area contributed by atoms with Gasteiger partial charge in [0.25, 0.3) is 5.91 Å². The average molecular weight is 498 g/mol. The number of para-hydroxylation sites is 3. The summed E-state index contributed by atoms with van der Waals surface area (Å²) >= 11 is 0. The van der Waals surface area contributed by atoms with E-state index >= 15 is 0 Å². The van der Waals surface area contributed by atoms with Crippen LogP contribution in [0.25, 0.3) is 11.0 Å². The molecule has 0 aliphatic carbocycles. The zero-order valence-electron chi connectivity index (χ0n) is 20.7. The Morgan fingerprint density at radius 1 is 1.03 bits per heavy atom. The van der Waals surface area contributed by atoms with Gasteiger partial charge in [-0.1, -0.05) is 47.6 Å². The Bertz CT molecular complexity index is 1490. The smallest absolute Gasteiger partial charge is 0.335 e. The predicted molar refractivity (Wildman–Crippen MR) is 141 cm³/mol. The number of carboxylic acids is 1. The first-order valence-corrected chi connectivity index (χ1v) is 11.9. The lowest BCUT2D eigenvalue weighted by Crippen LogP contribution is -2.31. The second-order valence-electron chi connectivity index (χ2n) is 9.10. The number of imidazole rings is 1. The Morgan fingerprint density at radius 3 is 2.51 bits per heavy atom. The van der Waals surface area contributed by atoms with Crippen molar-refractivity contribution in [2.75, 3.05) is 25.5 Å². The molecule has 0 bridgehead atoms. The van der Waals surface area contributed by atoms with Crippen LogP contribution < -0.4 is 4.90 Å². The Labute approximate surface area is 214 Å². The molecule has 3 aromatic carbocycles. The zero-order chi connectivity index (χ0) is 25.9. The van der Waals surface area contributed by atoms with Crippen LogP contribution in [0.4, 0.5) is 5.69 Å². The molecule has 1 N–H and O–H groups in total. The van der Waals surface area contributed by atoms with Crippen molar-refractivity contribution in [3.63, 3.8) is 0 Å². The highest BCUT2D eigenvalue weighted by Crippen LogP contribution is 2.31. The van der Waals surface area contributed by atoms with Crippen molar-refractivity contribution in [1.29, 1.82) is 0 Å². The maximum absolute atomic E-state index is 13.5. The van der Waals surface area contributed by atoms with Gasteiger partial charge in [0.05, 0.1) is 28.8 Å². The molecule has 0 saturated carbocycles. The topological polar surface area (TPSA) is 100 Å². The molecule has 0 spiro atoms. The highest BCUT2D eigenvalue weighted by molar-refractivity contribution is 6.54. The van der Waals surface area contributed by atoms with E-state index in [1.807, 2.05) is 62.6 Å². The van der Waals surface area contributed by atoms with Crippen LogP contribution in [0.5, 0.6) is 0 Å². The highest BCUT2D eigenvalue weighted by Gasteiger charge is 2.35. The summed E-state index contributed by atoms with van der Waals surface area (Å²) < 4.78 is 2.16. The summed E-state index contributed by atoms with van der Waals surface area (Å²) in [6, 6.07) is 21.8. The van der Waals surface area contributed by atoms with Crippen LogP contribution in [0.2, 0.25) is 0 Å². The highest BCUT2D eigenvalue weighted by atomic mass is 16.6. The number of aromatic nitrogens is 2. The molecule has 188 valence electrons. The van der Waals surface area contributed by atoms with Crippen LogP contribution in [0.15, 0.2) is 78.0 Å². The standard InChI is InChI=1S/C28H27N5O4/c1-31(2)15-16-32-24-10-6-4-8-22(24)29-25(32)17-33-23-9-5-3-7-21(23)26(27(33)34)30-37-18-19-11-13-20(14-12-19)28(35)36/h3-14H,15-18H2,1-2H3,(H,35,36)/b30-26+. The molecule has 4 aromatic rings. The van der Waals surface area contributed by atoms with Gasteiger partial charge in [-0.3, -0.25) is 9.69 Å². The van der Waals surface area contributed by atoms with E-state index in [1.165, 1.54) is 12.1 Å². The number of hydrogen-bond acceptors (Lipinski definition) is 6. The van der Waals surface area contributed by atoms with Crippen LogP contribution in [0, 0.1) is 0 Å². The van der Waals surface area contributed by atoms with Crippen molar-refractivity contribution >= 4 is 34.3 Å². The van der Waals surface area contributed by atoms with E-state index < -0.39 is 5.97 Å². The Hall–Kier alpha value is -4.50. The number of benzene rings is 3. The van der Waals surface area contributed by atoms with Gasteiger partial charge in [0.15, 0.2) is 5.71 Å². The quantitative estimate of drug-likeness (QED) is 0.354. The molecule has 1 aliphatic rings. The third-order valence-electron chi connectivity index (χ3n) is 6.29. The van der Waals surface area contributed by atoms with Gasteiger partial charge in [0.1, 0.15) is 12.4 Å². The minimum Gasteiger partial charge on any atom is -0.478 e. The number of aromatic carboxylic acids is 1. The first-order chi connectivity index (χ1) is 17.9. The number of anilines is 1. The van der Waals surface area contributed by atoms with Gasteiger partial charge in [-0.25, -0.2) is 9.78 Å². The summed E-state index contributed by atoms with van der Waals surface area (Å²) in [5.74, 6) is -0.447. The molecule has 0 saturated heterocycles. The first-order valence-electron chi connectivity index (χ1n) is 11.9. The number of hydrogen-bond donors (Lipinski definition) is 1.